The van der Waals surface area contributed by atoms with E-state index in [0.29, 0.717) is 38.2 Å². The largest absolute Gasteiger partial charge is 0.335 e. The van der Waals surface area contributed by atoms with Gasteiger partial charge in [-0.3, -0.25) is 4.79 Å². The van der Waals surface area contributed by atoms with Crippen LogP contribution in [0.3, 0.4) is 0 Å². The maximum absolute atomic E-state index is 13.0. The summed E-state index contributed by atoms with van der Waals surface area (Å²) in [7, 11) is 0. The predicted octanol–water partition coefficient (Wildman–Crippen LogP) is 1.99. The zero-order valence-corrected chi connectivity index (χ0v) is 13.9. The average molecular weight is 344 g/mol. The second-order valence-electron chi connectivity index (χ2n) is 6.57. The number of nitriles is 1. The number of nitrogens with zero attached hydrogens (tertiary/aromatic N) is 3. The highest BCUT2D eigenvalue weighted by atomic mass is 19.1. The lowest BCUT2D eigenvalue weighted by Gasteiger charge is -2.35. The van der Waals surface area contributed by atoms with Crippen LogP contribution in [-0.4, -0.2) is 54.0 Å². The number of benzene rings is 1. The lowest BCUT2D eigenvalue weighted by molar-refractivity contribution is 0.0663. The Morgan fingerprint density at radius 2 is 1.72 bits per heavy atom. The first kappa shape index (κ1) is 17.2. The smallest absolute Gasteiger partial charge is 0.317 e. The van der Waals surface area contributed by atoms with Gasteiger partial charge >= 0.3 is 6.03 Å². The highest BCUT2D eigenvalue weighted by molar-refractivity contribution is 5.94. The van der Waals surface area contributed by atoms with E-state index in [1.807, 2.05) is 0 Å². The molecule has 132 valence electrons. The van der Waals surface area contributed by atoms with Crippen LogP contribution in [0.4, 0.5) is 9.18 Å². The van der Waals surface area contributed by atoms with E-state index in [1.165, 1.54) is 24.3 Å². The number of carbonyl (C=O) groups excluding carboxylic acids is 2. The van der Waals surface area contributed by atoms with E-state index in [-0.39, 0.29) is 29.7 Å². The van der Waals surface area contributed by atoms with Gasteiger partial charge in [-0.1, -0.05) is 0 Å². The predicted molar refractivity (Wildman–Crippen MR) is 89.2 cm³/mol. The van der Waals surface area contributed by atoms with Crippen LogP contribution in [0.2, 0.25) is 0 Å². The zero-order valence-electron chi connectivity index (χ0n) is 13.9. The minimum absolute atomic E-state index is 0.0375. The summed E-state index contributed by atoms with van der Waals surface area (Å²) in [5.41, 5.74) is 0.452. The molecule has 1 aliphatic carbocycles. The fourth-order valence-corrected chi connectivity index (χ4v) is 3.38. The summed E-state index contributed by atoms with van der Waals surface area (Å²) in [6, 6.07) is 7.68. The standard InChI is InChI=1S/C18H21FN4O2/c19-15-4-2-14(3-5-15)17(24)22-7-9-23(10-8-22)18(25)21-16-6-1-13(11-16)12-20/h2-5,13,16H,1,6-11H2,(H,21,25)/t13-,16+/m0/s1. The summed E-state index contributed by atoms with van der Waals surface area (Å²) in [5.74, 6) is -0.480. The topological polar surface area (TPSA) is 76.4 Å². The molecule has 2 fully saturated rings. The third-order valence-electron chi connectivity index (χ3n) is 4.89. The van der Waals surface area contributed by atoms with Gasteiger partial charge < -0.3 is 15.1 Å². The molecule has 0 radical (unpaired) electrons. The summed E-state index contributed by atoms with van der Waals surface area (Å²) in [5, 5.41) is 11.9. The van der Waals surface area contributed by atoms with Crippen LogP contribution in [0, 0.1) is 23.1 Å². The molecule has 2 atom stereocenters. The van der Waals surface area contributed by atoms with Gasteiger partial charge in [0.1, 0.15) is 5.82 Å². The Balaban J connectivity index is 1.48. The van der Waals surface area contributed by atoms with Crippen molar-refractivity contribution in [3.8, 4) is 6.07 Å². The Morgan fingerprint density at radius 1 is 1.08 bits per heavy atom. The highest BCUT2D eigenvalue weighted by Crippen LogP contribution is 2.24. The first-order valence-corrected chi connectivity index (χ1v) is 8.56. The average Bonchev–Trinajstić information content (AvgIpc) is 3.09. The van der Waals surface area contributed by atoms with Crippen LogP contribution in [-0.2, 0) is 0 Å². The van der Waals surface area contributed by atoms with Crippen LogP contribution >= 0.6 is 0 Å². The van der Waals surface area contributed by atoms with Crippen molar-refractivity contribution >= 4 is 11.9 Å². The lowest BCUT2D eigenvalue weighted by Crippen LogP contribution is -2.54. The summed E-state index contributed by atoms with van der Waals surface area (Å²) >= 11 is 0. The van der Waals surface area contributed by atoms with E-state index >= 15 is 0 Å². The molecule has 6 nitrogen and oxygen atoms in total. The Labute approximate surface area is 146 Å². The molecule has 1 aliphatic heterocycles. The maximum atomic E-state index is 13.0. The molecule has 0 bridgehead atoms. The maximum Gasteiger partial charge on any atom is 0.317 e. The van der Waals surface area contributed by atoms with E-state index in [9.17, 15) is 14.0 Å². The van der Waals surface area contributed by atoms with Gasteiger partial charge in [-0.2, -0.15) is 5.26 Å². The third-order valence-corrected chi connectivity index (χ3v) is 4.89. The fourth-order valence-electron chi connectivity index (χ4n) is 3.38. The van der Waals surface area contributed by atoms with Gasteiger partial charge in [0.25, 0.3) is 5.91 Å². The van der Waals surface area contributed by atoms with Gasteiger partial charge in [0.2, 0.25) is 0 Å². The molecule has 0 unspecified atom stereocenters. The zero-order chi connectivity index (χ0) is 17.8. The molecule has 7 heteroatoms. The van der Waals surface area contributed by atoms with E-state index < -0.39 is 0 Å². The number of piperazine rings is 1. The monoisotopic (exact) mass is 344 g/mol. The van der Waals surface area contributed by atoms with Crippen LogP contribution in [0.1, 0.15) is 29.6 Å². The van der Waals surface area contributed by atoms with Crippen molar-refractivity contribution in [1.82, 2.24) is 15.1 Å². The Morgan fingerprint density at radius 3 is 2.32 bits per heavy atom. The van der Waals surface area contributed by atoms with Crippen molar-refractivity contribution < 1.29 is 14.0 Å². The second kappa shape index (κ2) is 7.51. The summed E-state index contributed by atoms with van der Waals surface area (Å²) in [6.45, 7) is 1.84. The normalized spacial score (nSPS) is 23.2. The number of urea groups is 1. The van der Waals surface area contributed by atoms with Crippen molar-refractivity contribution in [2.45, 2.75) is 25.3 Å². The molecule has 1 N–H and O–H groups in total. The van der Waals surface area contributed by atoms with Crippen molar-refractivity contribution in [2.75, 3.05) is 26.2 Å². The molecule has 2 aliphatic rings. The van der Waals surface area contributed by atoms with Crippen molar-refractivity contribution in [1.29, 1.82) is 5.26 Å². The molecule has 3 amide bonds. The van der Waals surface area contributed by atoms with E-state index in [1.54, 1.807) is 9.80 Å². The lowest BCUT2D eigenvalue weighted by atomic mass is 10.1. The van der Waals surface area contributed by atoms with Crippen LogP contribution in [0.5, 0.6) is 0 Å². The Kier molecular flexibility index (Phi) is 5.17. The second-order valence-corrected chi connectivity index (χ2v) is 6.57. The third kappa shape index (κ3) is 4.08. The Hall–Kier alpha value is -2.62. The fraction of sp³-hybridized carbons (Fsp3) is 0.500. The summed E-state index contributed by atoms with van der Waals surface area (Å²) in [4.78, 5) is 28.1. The minimum Gasteiger partial charge on any atom is -0.335 e. The first-order chi connectivity index (χ1) is 12.1. The molecule has 1 aromatic rings. The van der Waals surface area contributed by atoms with Crippen molar-refractivity contribution in [3.63, 3.8) is 0 Å². The molecule has 0 spiro atoms. The van der Waals surface area contributed by atoms with Gasteiger partial charge in [0, 0.05) is 43.7 Å². The van der Waals surface area contributed by atoms with Crippen LogP contribution in [0.25, 0.3) is 0 Å². The van der Waals surface area contributed by atoms with Crippen LogP contribution in [0.15, 0.2) is 24.3 Å². The SMILES string of the molecule is N#C[C@H]1CC[C@@H](NC(=O)N2CCN(C(=O)c3ccc(F)cc3)CC2)C1. The number of halogens is 1. The van der Waals surface area contributed by atoms with Gasteiger partial charge in [0.05, 0.1) is 6.07 Å². The van der Waals surface area contributed by atoms with Crippen molar-refractivity contribution in [2.24, 2.45) is 5.92 Å². The van der Waals surface area contributed by atoms with Gasteiger partial charge in [-0.05, 0) is 43.5 Å². The minimum atomic E-state index is -0.372. The molecule has 3 rings (SSSR count). The molecule has 25 heavy (non-hydrogen) atoms. The van der Waals surface area contributed by atoms with Gasteiger partial charge in [0.15, 0.2) is 0 Å². The quantitative estimate of drug-likeness (QED) is 0.891. The Bertz CT molecular complexity index is 677. The van der Waals surface area contributed by atoms with Gasteiger partial charge in [-0.25, -0.2) is 9.18 Å². The molecule has 1 aromatic carbocycles. The molecule has 1 saturated heterocycles. The summed E-state index contributed by atoms with van der Waals surface area (Å²) < 4.78 is 13.0. The summed E-state index contributed by atoms with van der Waals surface area (Å²) in [6.07, 6.45) is 2.39. The number of hydrogen-bond acceptors (Lipinski definition) is 3. The van der Waals surface area contributed by atoms with E-state index in [4.69, 9.17) is 5.26 Å². The molecule has 0 aromatic heterocycles. The molecular weight excluding hydrogens is 323 g/mol. The number of amides is 3. The van der Waals surface area contributed by atoms with Crippen LogP contribution < -0.4 is 5.32 Å². The van der Waals surface area contributed by atoms with Crippen molar-refractivity contribution in [3.05, 3.63) is 35.6 Å². The van der Waals surface area contributed by atoms with E-state index in [0.717, 1.165) is 12.8 Å². The molecule has 1 heterocycles. The number of nitrogens with one attached hydrogen (secondary N) is 1. The highest BCUT2D eigenvalue weighted by Gasteiger charge is 2.29. The number of rotatable bonds is 2. The van der Waals surface area contributed by atoms with E-state index in [2.05, 4.69) is 11.4 Å². The first-order valence-electron chi connectivity index (χ1n) is 8.56. The molecule has 1 saturated carbocycles. The van der Waals surface area contributed by atoms with Gasteiger partial charge in [-0.15, -0.1) is 0 Å². The number of carbonyl (C=O) groups is 2. The number of hydrogen-bond donors (Lipinski definition) is 1. The molecular formula is C18H21FN4O2.